The Morgan fingerprint density at radius 2 is 1.59 bits per heavy atom. The van der Waals surface area contributed by atoms with Crippen LogP contribution in [0.5, 0.6) is 0 Å². The topological polar surface area (TPSA) is 38.9 Å². The quantitative estimate of drug-likeness (QED) is 0.169. The first-order valence-corrected chi connectivity index (χ1v) is 13.4. The molecule has 0 aliphatic carbocycles. The summed E-state index contributed by atoms with van der Waals surface area (Å²) in [5, 5.41) is 3.52. The van der Waals surface area contributed by atoms with Crippen molar-refractivity contribution in [2.45, 2.75) is 27.7 Å². The number of benzene rings is 3. The van der Waals surface area contributed by atoms with Crippen LogP contribution < -0.4 is 0 Å². The maximum absolute atomic E-state index is 6.26. The van der Waals surface area contributed by atoms with E-state index in [2.05, 4.69) is 79.3 Å². The number of hydrogen-bond donors (Lipinski definition) is 0. The molecule has 3 aromatic carbocycles. The van der Waals surface area contributed by atoms with Gasteiger partial charge < -0.3 is 14.4 Å². The molecule has 4 heterocycles. The van der Waals surface area contributed by atoms with Crippen LogP contribution in [0, 0.1) is 39.8 Å². The summed E-state index contributed by atoms with van der Waals surface area (Å²) in [7, 11) is 0. The third kappa shape index (κ3) is 5.44. The van der Waals surface area contributed by atoms with E-state index < -0.39 is 0 Å². The molecule has 5 heteroatoms. The van der Waals surface area contributed by atoms with Crippen LogP contribution in [0.3, 0.4) is 0 Å². The monoisotopic (exact) mass is 703 g/mol. The van der Waals surface area contributed by atoms with Gasteiger partial charge in [-0.25, -0.2) is 0 Å². The Labute approximate surface area is 245 Å². The molecule has 0 saturated carbocycles. The molecule has 0 fully saturated rings. The number of nitrogens with zero attached hydrogens (tertiary/aromatic N) is 2. The number of thiophene rings is 1. The van der Waals surface area contributed by atoms with Crippen molar-refractivity contribution < 1.29 is 24.5 Å². The number of pyridine rings is 2. The van der Waals surface area contributed by atoms with E-state index in [4.69, 9.17) is 4.42 Å². The molecular weight excluding hydrogens is 677 g/mol. The molecule has 7 aromatic rings. The van der Waals surface area contributed by atoms with E-state index in [1.807, 2.05) is 67.1 Å². The summed E-state index contributed by atoms with van der Waals surface area (Å²) < 4.78 is 7.56. The van der Waals surface area contributed by atoms with Crippen LogP contribution in [0.4, 0.5) is 0 Å². The van der Waals surface area contributed by atoms with Crippen molar-refractivity contribution >= 4 is 43.4 Å². The molecule has 0 amide bonds. The fourth-order valence-electron chi connectivity index (χ4n) is 4.54. The summed E-state index contributed by atoms with van der Waals surface area (Å²) in [6.07, 6.45) is 3.79. The second-order valence-corrected chi connectivity index (χ2v) is 10.9. The van der Waals surface area contributed by atoms with E-state index in [9.17, 15) is 0 Å². The normalized spacial score (nSPS) is 10.9. The molecule has 3 nitrogen and oxygen atoms in total. The SMILES string of the molecule is Cc1cc2cc3oc4c(-c5cc(C)c(C)cn5)[c-]ccc4c3cc2s1.Cc1ccc(-c2[c-]cccc2)nc1.[Ir]. The van der Waals surface area contributed by atoms with Gasteiger partial charge in [0.2, 0.25) is 0 Å². The van der Waals surface area contributed by atoms with E-state index in [-0.39, 0.29) is 20.1 Å². The summed E-state index contributed by atoms with van der Waals surface area (Å²) in [5.74, 6) is 0. The first-order valence-electron chi connectivity index (χ1n) is 12.6. The average molecular weight is 703 g/mol. The Morgan fingerprint density at radius 3 is 2.33 bits per heavy atom. The average Bonchev–Trinajstić information content (AvgIpc) is 3.48. The maximum Gasteiger partial charge on any atom is 0.121 e. The van der Waals surface area contributed by atoms with Crippen LogP contribution in [-0.4, -0.2) is 9.97 Å². The van der Waals surface area contributed by atoms with Gasteiger partial charge in [0, 0.05) is 47.5 Å². The van der Waals surface area contributed by atoms with Gasteiger partial charge in [0.25, 0.3) is 0 Å². The smallest absolute Gasteiger partial charge is 0.121 e. The molecule has 1 radical (unpaired) electrons. The molecular formula is C34H26IrN2OS-2. The zero-order valence-electron chi connectivity index (χ0n) is 22.1. The van der Waals surface area contributed by atoms with Crippen molar-refractivity contribution in [3.63, 3.8) is 0 Å². The van der Waals surface area contributed by atoms with Gasteiger partial charge in [-0.05, 0) is 73.8 Å². The molecule has 0 unspecified atom stereocenters. The molecule has 0 aliphatic heterocycles. The molecule has 0 N–H and O–H groups in total. The minimum Gasteiger partial charge on any atom is -0.501 e. The minimum atomic E-state index is 0. The van der Waals surface area contributed by atoms with E-state index in [1.54, 1.807) is 0 Å². The Kier molecular flexibility index (Phi) is 7.76. The van der Waals surface area contributed by atoms with Gasteiger partial charge in [0.1, 0.15) is 5.58 Å². The van der Waals surface area contributed by atoms with Crippen LogP contribution in [0.2, 0.25) is 0 Å². The number of rotatable bonds is 2. The van der Waals surface area contributed by atoms with Crippen LogP contribution in [-0.2, 0) is 20.1 Å². The molecule has 0 aliphatic rings. The zero-order valence-corrected chi connectivity index (χ0v) is 25.3. The number of aromatic nitrogens is 2. The number of hydrogen-bond acceptors (Lipinski definition) is 4. The molecule has 7 rings (SSSR count). The van der Waals surface area contributed by atoms with Crippen molar-refractivity contribution in [1.29, 1.82) is 0 Å². The second kappa shape index (κ2) is 11.2. The Hall–Kier alpha value is -3.63. The molecule has 0 atom stereocenters. The van der Waals surface area contributed by atoms with Gasteiger partial charge in [-0.2, -0.15) is 0 Å². The van der Waals surface area contributed by atoms with Crippen molar-refractivity contribution in [2.75, 3.05) is 0 Å². The first-order chi connectivity index (χ1) is 18.5. The van der Waals surface area contributed by atoms with Gasteiger partial charge in [-0.3, -0.25) is 0 Å². The molecule has 39 heavy (non-hydrogen) atoms. The Morgan fingerprint density at radius 1 is 0.744 bits per heavy atom. The van der Waals surface area contributed by atoms with E-state index >= 15 is 0 Å². The van der Waals surface area contributed by atoms with Crippen LogP contribution in [0.1, 0.15) is 21.6 Å². The molecule has 4 aromatic heterocycles. The van der Waals surface area contributed by atoms with Crippen molar-refractivity contribution in [3.05, 3.63) is 119 Å². The fraction of sp³-hybridized carbons (Fsp3) is 0.118. The van der Waals surface area contributed by atoms with Gasteiger partial charge in [0.05, 0.1) is 5.58 Å². The number of aryl methyl sites for hydroxylation is 4. The fourth-order valence-corrected chi connectivity index (χ4v) is 5.48. The van der Waals surface area contributed by atoms with Gasteiger partial charge >= 0.3 is 0 Å². The van der Waals surface area contributed by atoms with Gasteiger partial charge in [0.15, 0.2) is 0 Å². The summed E-state index contributed by atoms with van der Waals surface area (Å²) in [6.45, 7) is 8.36. The number of fused-ring (bicyclic) bond motifs is 4. The maximum atomic E-state index is 6.26. The van der Waals surface area contributed by atoms with E-state index in [1.165, 1.54) is 31.7 Å². The molecule has 0 bridgehead atoms. The third-order valence-corrected chi connectivity index (χ3v) is 7.73. The van der Waals surface area contributed by atoms with E-state index in [0.717, 1.165) is 44.5 Å². The predicted octanol–water partition coefficient (Wildman–Crippen LogP) is 9.44. The van der Waals surface area contributed by atoms with E-state index in [0.29, 0.717) is 0 Å². The molecule has 0 spiro atoms. The standard InChI is InChI=1S/C22H16NOS.C12H10N.Ir/c1-12-7-19(23-11-13(12)2)17-6-4-5-16-18-10-21-15(8-14(3)25-21)9-20(18)24-22(16)17;1-10-7-8-12(13-9-10)11-5-3-2-4-6-11;/h4-5,7-11H,1-3H3;2-5,7-9H,1H3;/q2*-1;. The molecule has 195 valence electrons. The van der Waals surface area contributed by atoms with Crippen LogP contribution >= 0.6 is 11.3 Å². The van der Waals surface area contributed by atoms with Crippen molar-refractivity contribution in [2.24, 2.45) is 0 Å². The van der Waals surface area contributed by atoms with Crippen molar-refractivity contribution in [3.8, 4) is 22.5 Å². The summed E-state index contributed by atoms with van der Waals surface area (Å²) in [6, 6.07) is 31.2. The largest absolute Gasteiger partial charge is 0.501 e. The Balaban J connectivity index is 0.000000187. The second-order valence-electron chi connectivity index (χ2n) is 9.59. The van der Waals surface area contributed by atoms with Gasteiger partial charge in [-0.1, -0.05) is 34.7 Å². The summed E-state index contributed by atoms with van der Waals surface area (Å²) >= 11 is 1.82. The van der Waals surface area contributed by atoms with Gasteiger partial charge in [-0.15, -0.1) is 65.4 Å². The molecule has 0 saturated heterocycles. The Bertz CT molecular complexity index is 1900. The number of furan rings is 1. The zero-order chi connectivity index (χ0) is 26.2. The van der Waals surface area contributed by atoms with Crippen LogP contribution in [0.25, 0.3) is 54.5 Å². The van der Waals surface area contributed by atoms with Crippen molar-refractivity contribution in [1.82, 2.24) is 9.97 Å². The minimum absolute atomic E-state index is 0. The first kappa shape index (κ1) is 27.0. The summed E-state index contributed by atoms with van der Waals surface area (Å²) in [5.41, 5.74) is 9.24. The predicted molar refractivity (Wildman–Crippen MR) is 159 cm³/mol. The summed E-state index contributed by atoms with van der Waals surface area (Å²) in [4.78, 5) is 10.2. The third-order valence-electron chi connectivity index (χ3n) is 6.72. The van der Waals surface area contributed by atoms with Crippen LogP contribution in [0.15, 0.2) is 89.6 Å².